The van der Waals surface area contributed by atoms with Crippen molar-refractivity contribution in [1.29, 1.82) is 0 Å². The summed E-state index contributed by atoms with van der Waals surface area (Å²) in [5.41, 5.74) is 5.56. The maximum atomic E-state index is 13.2. The number of ether oxygens (including phenoxy) is 3. The fraction of sp³-hybridized carbons (Fsp3) is 0.212. The molecule has 0 spiro atoms. The fourth-order valence-corrected chi connectivity index (χ4v) is 6.56. The van der Waals surface area contributed by atoms with Gasteiger partial charge >= 0.3 is 12.1 Å². The number of sulfonamides is 1. The Morgan fingerprint density at radius 2 is 1.45 bits per heavy atom. The molecule has 0 aromatic heterocycles. The van der Waals surface area contributed by atoms with Crippen LogP contribution in [0.2, 0.25) is 0 Å². The van der Waals surface area contributed by atoms with E-state index in [1.807, 2.05) is 36.4 Å². The second-order valence-corrected chi connectivity index (χ2v) is 11.9. The van der Waals surface area contributed by atoms with Crippen LogP contribution in [-0.2, 0) is 26.1 Å². The number of hydrogen-bond acceptors (Lipinski definition) is 7. The van der Waals surface area contributed by atoms with Crippen molar-refractivity contribution in [1.82, 2.24) is 10.0 Å². The van der Waals surface area contributed by atoms with Crippen molar-refractivity contribution in [3.63, 3.8) is 0 Å². The van der Waals surface area contributed by atoms with Gasteiger partial charge in [0.05, 0.1) is 31.6 Å². The van der Waals surface area contributed by atoms with Crippen LogP contribution in [0.3, 0.4) is 0 Å². The van der Waals surface area contributed by atoms with Gasteiger partial charge in [-0.25, -0.2) is 17.9 Å². The molecule has 1 aliphatic carbocycles. The second kappa shape index (κ2) is 13.2. The zero-order valence-corrected chi connectivity index (χ0v) is 25.0. The molecular weight excluding hydrogens is 584 g/mol. The number of aliphatic carboxylic acids is 1. The number of nitrogens with one attached hydrogen (secondary N) is 2. The first-order chi connectivity index (χ1) is 21.2. The molecule has 4 aromatic rings. The van der Waals surface area contributed by atoms with Crippen LogP contribution in [0, 0.1) is 0 Å². The van der Waals surface area contributed by atoms with Crippen molar-refractivity contribution in [2.24, 2.45) is 0 Å². The number of methoxy groups -OCH3 is 2. The molecule has 0 saturated heterocycles. The lowest BCUT2D eigenvalue weighted by Gasteiger charge is -2.19. The number of hydrogen-bond donors (Lipinski definition) is 3. The van der Waals surface area contributed by atoms with Crippen LogP contribution in [0.1, 0.15) is 40.6 Å². The zero-order valence-electron chi connectivity index (χ0n) is 24.1. The minimum Gasteiger partial charge on any atom is -0.493 e. The molecule has 44 heavy (non-hydrogen) atoms. The van der Waals surface area contributed by atoms with Crippen molar-refractivity contribution in [3.05, 3.63) is 113 Å². The summed E-state index contributed by atoms with van der Waals surface area (Å²) in [6.07, 6.45) is -1.08. The number of carboxylic acid groups (broad SMARTS) is 1. The summed E-state index contributed by atoms with van der Waals surface area (Å²) in [7, 11) is -1.20. The Kier molecular flexibility index (Phi) is 9.17. The SMILES string of the molecule is COc1ccc(C(CC(=O)O)NS(=O)(=O)c2ccc(CNC(=O)OCC3c4ccccc4-c4ccccc43)cc2)cc1OC. The third-order valence-corrected chi connectivity index (χ3v) is 8.99. The van der Waals surface area contributed by atoms with E-state index in [2.05, 4.69) is 22.2 Å². The van der Waals surface area contributed by atoms with E-state index in [-0.39, 0.29) is 24.0 Å². The van der Waals surface area contributed by atoms with E-state index in [0.29, 0.717) is 22.6 Å². The van der Waals surface area contributed by atoms with Crippen molar-refractivity contribution in [2.45, 2.75) is 29.8 Å². The maximum absolute atomic E-state index is 13.2. The summed E-state index contributed by atoms with van der Waals surface area (Å²) < 4.78 is 44.9. The Morgan fingerprint density at radius 3 is 2.05 bits per heavy atom. The number of benzene rings is 4. The van der Waals surface area contributed by atoms with Crippen LogP contribution in [0.4, 0.5) is 4.79 Å². The van der Waals surface area contributed by atoms with Crippen LogP contribution in [0.15, 0.2) is 95.9 Å². The smallest absolute Gasteiger partial charge is 0.407 e. The molecular formula is C33H32N2O8S. The molecule has 4 aromatic carbocycles. The summed E-state index contributed by atoms with van der Waals surface area (Å²) in [5, 5.41) is 12.1. The topological polar surface area (TPSA) is 140 Å². The first-order valence-corrected chi connectivity index (χ1v) is 15.3. The number of fused-ring (bicyclic) bond motifs is 3. The molecule has 1 atom stereocenters. The number of carbonyl (C=O) groups is 2. The van der Waals surface area contributed by atoms with E-state index in [4.69, 9.17) is 14.2 Å². The highest BCUT2D eigenvalue weighted by Crippen LogP contribution is 2.44. The molecule has 1 amide bonds. The predicted molar refractivity (Wildman–Crippen MR) is 163 cm³/mol. The average molecular weight is 617 g/mol. The van der Waals surface area contributed by atoms with Gasteiger partial charge in [0.2, 0.25) is 10.0 Å². The zero-order chi connectivity index (χ0) is 31.3. The van der Waals surface area contributed by atoms with E-state index in [1.54, 1.807) is 24.3 Å². The lowest BCUT2D eigenvalue weighted by Crippen LogP contribution is -2.30. The molecule has 10 nitrogen and oxygen atoms in total. The van der Waals surface area contributed by atoms with Crippen molar-refractivity contribution in [3.8, 4) is 22.6 Å². The molecule has 1 aliphatic rings. The Morgan fingerprint density at radius 1 is 0.841 bits per heavy atom. The van der Waals surface area contributed by atoms with Crippen LogP contribution < -0.4 is 19.5 Å². The quantitative estimate of drug-likeness (QED) is 0.196. The molecule has 0 bridgehead atoms. The Labute approximate surface area is 255 Å². The first kappa shape index (κ1) is 30.6. The maximum Gasteiger partial charge on any atom is 0.407 e. The average Bonchev–Trinajstić information content (AvgIpc) is 3.35. The van der Waals surface area contributed by atoms with Crippen LogP contribution in [0.5, 0.6) is 11.5 Å². The molecule has 0 saturated carbocycles. The van der Waals surface area contributed by atoms with Crippen LogP contribution >= 0.6 is 0 Å². The summed E-state index contributed by atoms with van der Waals surface area (Å²) >= 11 is 0. The van der Waals surface area contributed by atoms with Gasteiger partial charge in [-0.3, -0.25) is 4.79 Å². The molecule has 5 rings (SSSR count). The number of amides is 1. The normalized spacial score (nSPS) is 13.0. The lowest BCUT2D eigenvalue weighted by molar-refractivity contribution is -0.137. The molecule has 228 valence electrons. The van der Waals surface area contributed by atoms with Gasteiger partial charge in [0.1, 0.15) is 6.61 Å². The Bertz CT molecular complexity index is 1730. The van der Waals surface area contributed by atoms with E-state index < -0.39 is 34.5 Å². The summed E-state index contributed by atoms with van der Waals surface area (Å²) in [4.78, 5) is 24.0. The standard InChI is InChI=1S/C33H32N2O8S/c1-41-30-16-13-22(17-31(30)42-2)29(18-32(36)37)35-44(39,40)23-14-11-21(12-15-23)19-34-33(38)43-20-28-26-9-5-3-7-24(26)25-8-4-6-10-27(25)28/h3-17,28-29,35H,18-20H2,1-2H3,(H,34,38)(H,36,37). The molecule has 11 heteroatoms. The molecule has 0 heterocycles. The van der Waals surface area contributed by atoms with Gasteiger partial charge in [-0.1, -0.05) is 66.7 Å². The van der Waals surface area contributed by atoms with Gasteiger partial charge in [0.25, 0.3) is 0 Å². The van der Waals surface area contributed by atoms with Crippen molar-refractivity contribution < 1.29 is 37.3 Å². The molecule has 0 fully saturated rings. The van der Waals surface area contributed by atoms with E-state index in [1.165, 1.54) is 32.4 Å². The highest BCUT2D eigenvalue weighted by atomic mass is 32.2. The second-order valence-electron chi connectivity index (χ2n) is 10.2. The largest absolute Gasteiger partial charge is 0.493 e. The van der Waals surface area contributed by atoms with Gasteiger partial charge in [-0.2, -0.15) is 0 Å². The number of alkyl carbamates (subject to hydrolysis) is 1. The number of rotatable bonds is 12. The third-order valence-electron chi connectivity index (χ3n) is 7.50. The minimum absolute atomic E-state index is 0.0572. The third kappa shape index (κ3) is 6.69. The first-order valence-electron chi connectivity index (χ1n) is 13.8. The Hall–Kier alpha value is -4.87. The van der Waals surface area contributed by atoms with Gasteiger partial charge < -0.3 is 24.6 Å². The van der Waals surface area contributed by atoms with Crippen LogP contribution in [-0.4, -0.2) is 46.4 Å². The van der Waals surface area contributed by atoms with E-state index in [9.17, 15) is 23.1 Å². The number of carboxylic acids is 1. The summed E-state index contributed by atoms with van der Waals surface area (Å²) in [5.74, 6) is -0.473. The number of carbonyl (C=O) groups excluding carboxylic acids is 1. The molecule has 3 N–H and O–H groups in total. The molecule has 0 radical (unpaired) electrons. The molecule has 0 aliphatic heterocycles. The highest BCUT2D eigenvalue weighted by molar-refractivity contribution is 7.89. The summed E-state index contributed by atoms with van der Waals surface area (Å²) in [6.45, 7) is 0.304. The fourth-order valence-electron chi connectivity index (χ4n) is 5.34. The van der Waals surface area contributed by atoms with Gasteiger partial charge in [0, 0.05) is 12.5 Å². The minimum atomic E-state index is -4.10. The lowest BCUT2D eigenvalue weighted by atomic mass is 9.98. The van der Waals surface area contributed by atoms with Crippen molar-refractivity contribution in [2.75, 3.05) is 20.8 Å². The van der Waals surface area contributed by atoms with Crippen LogP contribution in [0.25, 0.3) is 11.1 Å². The summed E-state index contributed by atoms with van der Waals surface area (Å²) in [6, 6.07) is 25.7. The van der Waals surface area contributed by atoms with E-state index >= 15 is 0 Å². The van der Waals surface area contributed by atoms with Gasteiger partial charge in [-0.15, -0.1) is 0 Å². The highest BCUT2D eigenvalue weighted by Gasteiger charge is 2.29. The van der Waals surface area contributed by atoms with Gasteiger partial charge in [-0.05, 0) is 57.6 Å². The van der Waals surface area contributed by atoms with Crippen molar-refractivity contribution >= 4 is 22.1 Å². The van der Waals surface area contributed by atoms with E-state index in [0.717, 1.165) is 22.3 Å². The predicted octanol–water partition coefficient (Wildman–Crippen LogP) is 5.24. The molecule has 1 unspecified atom stereocenters. The Balaban J connectivity index is 1.20. The monoisotopic (exact) mass is 616 g/mol. The van der Waals surface area contributed by atoms with Gasteiger partial charge in [0.15, 0.2) is 11.5 Å².